The van der Waals surface area contributed by atoms with Gasteiger partial charge in [0.15, 0.2) is 10.4 Å². The van der Waals surface area contributed by atoms with Gasteiger partial charge in [-0.25, -0.2) is 0 Å². The van der Waals surface area contributed by atoms with E-state index in [1.807, 2.05) is 0 Å². The van der Waals surface area contributed by atoms with E-state index in [1.165, 1.54) is 0 Å². The number of nitrogens with one attached hydrogen (secondary N) is 1. The molecule has 1 aliphatic rings. The van der Waals surface area contributed by atoms with Gasteiger partial charge < -0.3 is 15.5 Å². The van der Waals surface area contributed by atoms with Crippen LogP contribution >= 0.6 is 28.3 Å². The topological polar surface area (TPSA) is 68.3 Å². The summed E-state index contributed by atoms with van der Waals surface area (Å²) >= 11 is 3.17. The first-order valence-corrected chi connectivity index (χ1v) is 6.22. The van der Waals surface area contributed by atoms with Crippen molar-refractivity contribution in [1.82, 2.24) is 5.32 Å². The Hall–Kier alpha value is -0.520. The molecule has 0 unspecified atom stereocenters. The van der Waals surface area contributed by atoms with Gasteiger partial charge in [-0.3, -0.25) is 4.79 Å². The molecule has 1 aliphatic carbocycles. The predicted octanol–water partition coefficient (Wildman–Crippen LogP) is 2.47. The molecule has 0 bridgehead atoms. The molecule has 1 fully saturated rings. The lowest BCUT2D eigenvalue weighted by Gasteiger charge is -2.28. The fourth-order valence-corrected chi connectivity index (χ4v) is 2.48. The van der Waals surface area contributed by atoms with Crippen molar-refractivity contribution in [3.05, 3.63) is 22.6 Å². The summed E-state index contributed by atoms with van der Waals surface area (Å²) in [6.45, 7) is 0.487. The molecule has 1 heterocycles. The molecule has 17 heavy (non-hydrogen) atoms. The highest BCUT2D eigenvalue weighted by Gasteiger charge is 2.34. The number of carbonyl (C=O) groups excluding carboxylic acids is 1. The van der Waals surface area contributed by atoms with Crippen LogP contribution in [0.4, 0.5) is 0 Å². The van der Waals surface area contributed by atoms with Crippen LogP contribution in [0.3, 0.4) is 0 Å². The SMILES string of the molecule is Cl.NCC1(NC(=O)c2ccc(Br)o2)CCCC1. The first-order chi connectivity index (χ1) is 7.65. The van der Waals surface area contributed by atoms with Crippen molar-refractivity contribution in [3.8, 4) is 0 Å². The number of hydrogen-bond acceptors (Lipinski definition) is 3. The summed E-state index contributed by atoms with van der Waals surface area (Å²) in [7, 11) is 0. The van der Waals surface area contributed by atoms with Crippen LogP contribution in [-0.2, 0) is 0 Å². The van der Waals surface area contributed by atoms with Crippen molar-refractivity contribution >= 4 is 34.2 Å². The van der Waals surface area contributed by atoms with Gasteiger partial charge >= 0.3 is 0 Å². The zero-order chi connectivity index (χ0) is 11.6. The minimum atomic E-state index is -0.226. The molecule has 2 rings (SSSR count). The van der Waals surface area contributed by atoms with Crippen molar-refractivity contribution in [1.29, 1.82) is 0 Å². The second-order valence-corrected chi connectivity index (χ2v) is 5.03. The van der Waals surface area contributed by atoms with Crippen molar-refractivity contribution in [3.63, 3.8) is 0 Å². The molecule has 1 aromatic heterocycles. The number of halogens is 2. The van der Waals surface area contributed by atoms with E-state index in [4.69, 9.17) is 10.2 Å². The molecule has 0 radical (unpaired) electrons. The Bertz CT molecular complexity index is 389. The van der Waals surface area contributed by atoms with Gasteiger partial charge in [0.1, 0.15) is 0 Å². The minimum absolute atomic E-state index is 0. The highest BCUT2D eigenvalue weighted by molar-refractivity contribution is 9.10. The average molecular weight is 324 g/mol. The van der Waals surface area contributed by atoms with Gasteiger partial charge in [-0.1, -0.05) is 12.8 Å². The van der Waals surface area contributed by atoms with E-state index in [0.29, 0.717) is 17.0 Å². The number of amides is 1. The fraction of sp³-hybridized carbons (Fsp3) is 0.545. The maximum Gasteiger partial charge on any atom is 0.287 e. The molecule has 0 aliphatic heterocycles. The van der Waals surface area contributed by atoms with E-state index in [1.54, 1.807) is 12.1 Å². The van der Waals surface area contributed by atoms with E-state index in [9.17, 15) is 4.79 Å². The number of furan rings is 1. The Morgan fingerprint density at radius 3 is 2.59 bits per heavy atom. The summed E-state index contributed by atoms with van der Waals surface area (Å²) in [4.78, 5) is 11.9. The fourth-order valence-electron chi connectivity index (χ4n) is 2.17. The Balaban J connectivity index is 0.00000144. The van der Waals surface area contributed by atoms with E-state index in [-0.39, 0.29) is 23.9 Å². The molecule has 0 aromatic carbocycles. The predicted molar refractivity (Wildman–Crippen MR) is 71.4 cm³/mol. The second kappa shape index (κ2) is 5.89. The van der Waals surface area contributed by atoms with E-state index >= 15 is 0 Å². The molecular formula is C11H16BrClN2O2. The summed E-state index contributed by atoms with van der Waals surface area (Å²) in [5.41, 5.74) is 5.52. The Morgan fingerprint density at radius 1 is 1.47 bits per heavy atom. The summed E-state index contributed by atoms with van der Waals surface area (Å²) in [5, 5.41) is 2.99. The standard InChI is InChI=1S/C11H15BrN2O2.ClH/c12-9-4-3-8(16-9)10(15)14-11(7-13)5-1-2-6-11;/h3-4H,1-2,5-7,13H2,(H,14,15);1H. The quantitative estimate of drug-likeness (QED) is 0.898. The van der Waals surface area contributed by atoms with Crippen LogP contribution in [0.5, 0.6) is 0 Å². The maximum atomic E-state index is 11.9. The van der Waals surface area contributed by atoms with Gasteiger partial charge in [0.2, 0.25) is 0 Å². The molecule has 0 saturated heterocycles. The maximum absolute atomic E-state index is 11.9. The molecule has 3 N–H and O–H groups in total. The third-order valence-corrected chi connectivity index (χ3v) is 3.55. The first-order valence-electron chi connectivity index (χ1n) is 5.43. The van der Waals surface area contributed by atoms with Gasteiger partial charge in [-0.2, -0.15) is 0 Å². The number of hydrogen-bond donors (Lipinski definition) is 2. The monoisotopic (exact) mass is 322 g/mol. The smallest absolute Gasteiger partial charge is 0.287 e. The zero-order valence-electron chi connectivity index (χ0n) is 9.37. The summed E-state index contributed by atoms with van der Waals surface area (Å²) < 4.78 is 5.77. The van der Waals surface area contributed by atoms with Gasteiger partial charge in [-0.05, 0) is 40.9 Å². The normalized spacial score (nSPS) is 17.5. The zero-order valence-corrected chi connectivity index (χ0v) is 11.8. The molecule has 96 valence electrons. The van der Waals surface area contributed by atoms with E-state index in [2.05, 4.69) is 21.2 Å². The molecule has 0 spiro atoms. The van der Waals surface area contributed by atoms with Crippen LogP contribution in [0, 0.1) is 0 Å². The molecule has 1 amide bonds. The highest BCUT2D eigenvalue weighted by Crippen LogP contribution is 2.29. The molecule has 6 heteroatoms. The molecule has 4 nitrogen and oxygen atoms in total. The average Bonchev–Trinajstić information content (AvgIpc) is 2.88. The lowest BCUT2D eigenvalue weighted by Crippen LogP contribution is -2.51. The number of rotatable bonds is 3. The van der Waals surface area contributed by atoms with Crippen molar-refractivity contribution < 1.29 is 9.21 Å². The van der Waals surface area contributed by atoms with Gasteiger partial charge in [0, 0.05) is 6.54 Å². The Morgan fingerprint density at radius 2 is 2.12 bits per heavy atom. The Kier molecular flexibility index (Phi) is 5.04. The number of carbonyl (C=O) groups is 1. The highest BCUT2D eigenvalue weighted by atomic mass is 79.9. The molecule has 1 aromatic rings. The van der Waals surface area contributed by atoms with Gasteiger partial charge in [-0.15, -0.1) is 12.4 Å². The second-order valence-electron chi connectivity index (χ2n) is 4.25. The molecule has 0 atom stereocenters. The van der Waals surface area contributed by atoms with Crippen LogP contribution in [0.2, 0.25) is 0 Å². The Labute approximate surface area is 115 Å². The summed E-state index contributed by atoms with van der Waals surface area (Å²) in [6.07, 6.45) is 4.16. The van der Waals surface area contributed by atoms with Crippen molar-refractivity contribution in [2.24, 2.45) is 5.73 Å². The third-order valence-electron chi connectivity index (χ3n) is 3.13. The van der Waals surface area contributed by atoms with Crippen molar-refractivity contribution in [2.75, 3.05) is 6.54 Å². The van der Waals surface area contributed by atoms with E-state index < -0.39 is 0 Å². The third kappa shape index (κ3) is 3.24. The van der Waals surface area contributed by atoms with Gasteiger partial charge in [0.25, 0.3) is 5.91 Å². The minimum Gasteiger partial charge on any atom is -0.444 e. The first kappa shape index (κ1) is 14.5. The summed E-state index contributed by atoms with van der Waals surface area (Å²) in [6, 6.07) is 3.36. The number of nitrogens with two attached hydrogens (primary N) is 1. The van der Waals surface area contributed by atoms with Crippen LogP contribution in [0.1, 0.15) is 36.2 Å². The van der Waals surface area contributed by atoms with Crippen molar-refractivity contribution in [2.45, 2.75) is 31.2 Å². The summed E-state index contributed by atoms with van der Waals surface area (Å²) in [5.74, 6) is 0.143. The largest absolute Gasteiger partial charge is 0.444 e. The lowest BCUT2D eigenvalue weighted by atomic mass is 9.98. The van der Waals surface area contributed by atoms with Crippen LogP contribution in [-0.4, -0.2) is 18.0 Å². The molecule has 1 saturated carbocycles. The van der Waals surface area contributed by atoms with Crippen LogP contribution < -0.4 is 11.1 Å². The van der Waals surface area contributed by atoms with E-state index in [0.717, 1.165) is 25.7 Å². The molecular weight excluding hydrogens is 307 g/mol. The van der Waals surface area contributed by atoms with Crippen LogP contribution in [0.25, 0.3) is 0 Å². The van der Waals surface area contributed by atoms with Crippen LogP contribution in [0.15, 0.2) is 21.2 Å². The lowest BCUT2D eigenvalue weighted by molar-refractivity contribution is 0.0873. The van der Waals surface area contributed by atoms with Gasteiger partial charge in [0.05, 0.1) is 5.54 Å².